The number of hydrogen-bond acceptors (Lipinski definition) is 6. The van der Waals surface area contributed by atoms with E-state index in [0.717, 1.165) is 5.69 Å². The molecule has 158 valence electrons. The van der Waals surface area contributed by atoms with E-state index in [-0.39, 0.29) is 24.5 Å². The SMILES string of the molecule is O=[N+]([O-])c1ccc2c(c1)c1cc([N+](=O)[O-])ccc1n2CC(O)CNc1ccc(Cl)cc1. The fraction of sp³-hybridized carbons (Fsp3) is 0.143. The Morgan fingerprint density at radius 3 is 1.90 bits per heavy atom. The van der Waals surface area contributed by atoms with Gasteiger partial charge in [0, 0.05) is 63.3 Å². The van der Waals surface area contributed by atoms with Gasteiger partial charge in [0.2, 0.25) is 0 Å². The largest absolute Gasteiger partial charge is 0.389 e. The molecule has 0 aliphatic rings. The number of aromatic nitrogens is 1. The molecule has 4 rings (SSSR count). The second-order valence-corrected chi connectivity index (χ2v) is 7.51. The van der Waals surface area contributed by atoms with Gasteiger partial charge in [-0.05, 0) is 36.4 Å². The van der Waals surface area contributed by atoms with Gasteiger partial charge in [-0.1, -0.05) is 11.6 Å². The van der Waals surface area contributed by atoms with Crippen LogP contribution < -0.4 is 5.32 Å². The second kappa shape index (κ2) is 8.21. The standard InChI is InChI=1S/C21H17ClN4O5/c22-13-1-3-14(4-2-13)23-11-17(27)12-24-20-7-5-15(25(28)29)9-18(20)19-10-16(26(30)31)6-8-21(19)24/h1-10,17,23,27H,11-12H2. The second-order valence-electron chi connectivity index (χ2n) is 7.07. The van der Waals surface area contributed by atoms with E-state index >= 15 is 0 Å². The highest BCUT2D eigenvalue weighted by Crippen LogP contribution is 2.34. The van der Waals surface area contributed by atoms with Crippen LogP contribution in [0, 0.1) is 20.2 Å². The number of rotatable bonds is 7. The Hall–Kier alpha value is -3.69. The Kier molecular flexibility index (Phi) is 5.45. The maximum absolute atomic E-state index is 11.2. The fourth-order valence-corrected chi connectivity index (χ4v) is 3.71. The van der Waals surface area contributed by atoms with Crippen molar-refractivity contribution in [3.8, 4) is 0 Å². The van der Waals surface area contributed by atoms with Crippen LogP contribution in [0.2, 0.25) is 5.02 Å². The Labute approximate surface area is 180 Å². The molecule has 0 aliphatic carbocycles. The average molecular weight is 441 g/mol. The first kappa shape index (κ1) is 20.6. The van der Waals surface area contributed by atoms with Crippen LogP contribution in [0.25, 0.3) is 21.8 Å². The molecule has 0 saturated heterocycles. The van der Waals surface area contributed by atoms with Crippen LogP contribution in [-0.4, -0.2) is 32.2 Å². The van der Waals surface area contributed by atoms with E-state index in [1.165, 1.54) is 24.3 Å². The monoisotopic (exact) mass is 440 g/mol. The smallest absolute Gasteiger partial charge is 0.270 e. The van der Waals surface area contributed by atoms with Gasteiger partial charge in [0.05, 0.1) is 22.5 Å². The summed E-state index contributed by atoms with van der Waals surface area (Å²) in [7, 11) is 0. The van der Waals surface area contributed by atoms with Crippen LogP contribution in [0.4, 0.5) is 17.1 Å². The van der Waals surface area contributed by atoms with Crippen LogP contribution in [0.1, 0.15) is 0 Å². The van der Waals surface area contributed by atoms with Gasteiger partial charge in [-0.25, -0.2) is 0 Å². The highest BCUT2D eigenvalue weighted by molar-refractivity contribution is 6.30. The van der Waals surface area contributed by atoms with Gasteiger partial charge in [-0.2, -0.15) is 0 Å². The van der Waals surface area contributed by atoms with Gasteiger partial charge < -0.3 is 15.0 Å². The topological polar surface area (TPSA) is 123 Å². The quantitative estimate of drug-likeness (QED) is 0.316. The minimum Gasteiger partial charge on any atom is -0.389 e. The van der Waals surface area contributed by atoms with Gasteiger partial charge in [0.15, 0.2) is 0 Å². The number of hydrogen-bond donors (Lipinski definition) is 2. The third-order valence-electron chi connectivity index (χ3n) is 5.03. The van der Waals surface area contributed by atoms with Crippen molar-refractivity contribution >= 4 is 50.5 Å². The first-order chi connectivity index (χ1) is 14.8. The summed E-state index contributed by atoms with van der Waals surface area (Å²) in [6.45, 7) is 0.443. The summed E-state index contributed by atoms with van der Waals surface area (Å²) in [6.07, 6.45) is -0.792. The minimum atomic E-state index is -0.792. The summed E-state index contributed by atoms with van der Waals surface area (Å²) in [5.41, 5.74) is 1.88. The molecule has 31 heavy (non-hydrogen) atoms. The molecular weight excluding hydrogens is 424 g/mol. The predicted molar refractivity (Wildman–Crippen MR) is 119 cm³/mol. The van der Waals surface area contributed by atoms with Crippen molar-refractivity contribution < 1.29 is 15.0 Å². The number of nitrogens with zero attached hydrogens (tertiary/aromatic N) is 3. The van der Waals surface area contributed by atoms with Crippen molar-refractivity contribution in [1.29, 1.82) is 0 Å². The number of non-ortho nitro benzene ring substituents is 2. The number of nitro benzene ring substituents is 2. The highest BCUT2D eigenvalue weighted by Gasteiger charge is 2.19. The predicted octanol–water partition coefficient (Wildman–Crippen LogP) is 4.74. The van der Waals surface area contributed by atoms with Crippen LogP contribution in [-0.2, 0) is 6.54 Å². The van der Waals surface area contributed by atoms with Crippen LogP contribution >= 0.6 is 11.6 Å². The molecule has 1 unspecified atom stereocenters. The maximum atomic E-state index is 11.2. The molecule has 0 saturated carbocycles. The fourth-order valence-electron chi connectivity index (χ4n) is 3.58. The molecule has 0 bridgehead atoms. The van der Waals surface area contributed by atoms with E-state index in [9.17, 15) is 25.3 Å². The van der Waals surface area contributed by atoms with Crippen LogP contribution in [0.5, 0.6) is 0 Å². The third-order valence-corrected chi connectivity index (χ3v) is 5.29. The van der Waals surface area contributed by atoms with Crippen LogP contribution in [0.15, 0.2) is 60.7 Å². The van der Waals surface area contributed by atoms with Crippen molar-refractivity contribution in [3.05, 3.63) is 85.9 Å². The summed E-state index contributed by atoms with van der Waals surface area (Å²) in [5, 5.41) is 37.8. The maximum Gasteiger partial charge on any atom is 0.270 e. The lowest BCUT2D eigenvalue weighted by Crippen LogP contribution is -2.24. The third kappa shape index (κ3) is 4.14. The van der Waals surface area contributed by atoms with E-state index in [1.54, 1.807) is 36.4 Å². The van der Waals surface area contributed by atoms with Crippen molar-refractivity contribution in [2.45, 2.75) is 12.6 Å². The summed E-state index contributed by atoms with van der Waals surface area (Å²) in [5.74, 6) is 0. The molecule has 1 aromatic heterocycles. The molecule has 9 nitrogen and oxygen atoms in total. The number of aliphatic hydroxyl groups is 1. The van der Waals surface area contributed by atoms with E-state index < -0.39 is 16.0 Å². The van der Waals surface area contributed by atoms with E-state index in [4.69, 9.17) is 11.6 Å². The average Bonchev–Trinajstić information content (AvgIpc) is 3.05. The van der Waals surface area contributed by atoms with Gasteiger partial charge in [0.25, 0.3) is 11.4 Å². The van der Waals surface area contributed by atoms with Gasteiger partial charge in [0.1, 0.15) is 0 Å². The van der Waals surface area contributed by atoms with Crippen molar-refractivity contribution in [3.63, 3.8) is 0 Å². The molecule has 0 aliphatic heterocycles. The Bertz CT molecular complexity index is 1230. The zero-order valence-electron chi connectivity index (χ0n) is 16.1. The minimum absolute atomic E-state index is 0.108. The number of benzene rings is 3. The summed E-state index contributed by atoms with van der Waals surface area (Å²) in [6, 6.07) is 15.8. The van der Waals surface area contributed by atoms with Crippen molar-refractivity contribution in [2.24, 2.45) is 0 Å². The zero-order valence-corrected chi connectivity index (χ0v) is 16.8. The number of fused-ring (bicyclic) bond motifs is 3. The lowest BCUT2D eigenvalue weighted by molar-refractivity contribution is -0.385. The summed E-state index contributed by atoms with van der Waals surface area (Å²) in [4.78, 5) is 21.4. The molecule has 0 radical (unpaired) electrons. The lowest BCUT2D eigenvalue weighted by atomic mass is 10.1. The molecule has 0 spiro atoms. The number of nitrogens with one attached hydrogen (secondary N) is 1. The van der Waals surface area contributed by atoms with Crippen LogP contribution in [0.3, 0.4) is 0 Å². The number of nitro groups is 2. The number of anilines is 1. The Morgan fingerprint density at radius 1 is 0.903 bits per heavy atom. The van der Waals surface area contributed by atoms with E-state index in [2.05, 4.69) is 5.32 Å². The summed E-state index contributed by atoms with van der Waals surface area (Å²) >= 11 is 5.88. The van der Waals surface area contributed by atoms with Crippen molar-refractivity contribution in [1.82, 2.24) is 4.57 Å². The number of aliphatic hydroxyl groups excluding tert-OH is 1. The Morgan fingerprint density at radius 2 is 1.42 bits per heavy atom. The first-order valence-corrected chi connectivity index (χ1v) is 9.73. The Balaban J connectivity index is 1.70. The molecule has 4 aromatic rings. The molecule has 1 atom stereocenters. The van der Waals surface area contributed by atoms with Gasteiger partial charge >= 0.3 is 0 Å². The molecule has 0 fully saturated rings. The van der Waals surface area contributed by atoms with E-state index in [0.29, 0.717) is 26.8 Å². The van der Waals surface area contributed by atoms with Gasteiger partial charge in [-0.3, -0.25) is 20.2 Å². The first-order valence-electron chi connectivity index (χ1n) is 9.36. The lowest BCUT2D eigenvalue weighted by Gasteiger charge is -2.15. The molecule has 0 amide bonds. The van der Waals surface area contributed by atoms with Gasteiger partial charge in [-0.15, -0.1) is 0 Å². The molecular formula is C21H17ClN4O5. The summed E-state index contributed by atoms with van der Waals surface area (Å²) < 4.78 is 1.81. The zero-order chi connectivity index (χ0) is 22.1. The molecule has 2 N–H and O–H groups in total. The number of halogens is 1. The van der Waals surface area contributed by atoms with Crippen molar-refractivity contribution in [2.75, 3.05) is 11.9 Å². The molecule has 10 heteroatoms. The normalized spacial score (nSPS) is 12.2. The van der Waals surface area contributed by atoms with E-state index in [1.807, 2.05) is 4.57 Å². The highest BCUT2D eigenvalue weighted by atomic mass is 35.5. The molecule has 1 heterocycles. The molecule has 3 aromatic carbocycles.